The van der Waals surface area contributed by atoms with Crippen LogP contribution < -0.4 is 10.1 Å². The first-order valence-electron chi connectivity index (χ1n) is 8.48. The summed E-state index contributed by atoms with van der Waals surface area (Å²) in [6, 6.07) is 4.72. The van der Waals surface area contributed by atoms with Crippen molar-refractivity contribution < 1.29 is 17.9 Å². The Balaban J connectivity index is 2.25. The number of hydrogen-bond acceptors (Lipinski definition) is 5. The fraction of sp³-hybridized carbons (Fsp3) is 0.588. The molecule has 1 aliphatic heterocycles. The lowest BCUT2D eigenvalue weighted by molar-refractivity contribution is -0.126. The summed E-state index contributed by atoms with van der Waals surface area (Å²) in [5, 5.41) is 2.97. The minimum Gasteiger partial charge on any atom is -0.495 e. The van der Waals surface area contributed by atoms with Crippen molar-refractivity contribution in [2.24, 2.45) is 0 Å². The highest BCUT2D eigenvalue weighted by Gasteiger charge is 2.26. The zero-order valence-electron chi connectivity index (χ0n) is 15.1. The SMILES string of the molecule is COc1ccc(S(=O)(=O)N2CCCCCC2)cc1NCC(=O)N(C)C. The van der Waals surface area contributed by atoms with E-state index in [0.717, 1.165) is 25.7 Å². The van der Waals surface area contributed by atoms with Gasteiger partial charge in [0.05, 0.1) is 24.2 Å². The number of rotatable bonds is 6. The third kappa shape index (κ3) is 4.85. The summed E-state index contributed by atoms with van der Waals surface area (Å²) in [7, 11) is 1.30. The van der Waals surface area contributed by atoms with Crippen molar-refractivity contribution in [2.45, 2.75) is 30.6 Å². The molecule has 2 rings (SSSR count). The summed E-state index contributed by atoms with van der Waals surface area (Å²) in [5.41, 5.74) is 0.494. The van der Waals surface area contributed by atoms with Gasteiger partial charge in [-0.3, -0.25) is 4.79 Å². The van der Waals surface area contributed by atoms with Crippen molar-refractivity contribution in [1.29, 1.82) is 0 Å². The second kappa shape index (κ2) is 8.53. The lowest BCUT2D eigenvalue weighted by Crippen LogP contribution is -2.32. The highest BCUT2D eigenvalue weighted by atomic mass is 32.2. The van der Waals surface area contributed by atoms with Gasteiger partial charge in [0.15, 0.2) is 0 Å². The van der Waals surface area contributed by atoms with Crippen LogP contribution >= 0.6 is 0 Å². The van der Waals surface area contributed by atoms with E-state index in [1.807, 2.05) is 0 Å². The van der Waals surface area contributed by atoms with E-state index in [9.17, 15) is 13.2 Å². The summed E-state index contributed by atoms with van der Waals surface area (Å²) >= 11 is 0. The Morgan fingerprint density at radius 3 is 2.40 bits per heavy atom. The maximum absolute atomic E-state index is 12.9. The van der Waals surface area contributed by atoms with E-state index in [4.69, 9.17) is 4.74 Å². The molecule has 1 aromatic carbocycles. The zero-order valence-corrected chi connectivity index (χ0v) is 15.9. The van der Waals surface area contributed by atoms with E-state index >= 15 is 0 Å². The standard InChI is InChI=1S/C17H27N3O4S/c1-19(2)17(21)13-18-15-12-14(8-9-16(15)24-3)25(22,23)20-10-6-4-5-7-11-20/h8-9,12,18H,4-7,10-11,13H2,1-3H3. The Morgan fingerprint density at radius 2 is 1.84 bits per heavy atom. The van der Waals surface area contributed by atoms with Gasteiger partial charge in [-0.05, 0) is 31.0 Å². The summed E-state index contributed by atoms with van der Waals surface area (Å²) in [5.74, 6) is 0.393. The number of carbonyl (C=O) groups excluding carboxylic acids is 1. The molecule has 0 radical (unpaired) electrons. The van der Waals surface area contributed by atoms with Crippen molar-refractivity contribution >= 4 is 21.6 Å². The van der Waals surface area contributed by atoms with E-state index in [0.29, 0.717) is 24.5 Å². The van der Waals surface area contributed by atoms with Crippen LogP contribution in [-0.4, -0.2) is 64.4 Å². The quantitative estimate of drug-likeness (QED) is 0.827. The van der Waals surface area contributed by atoms with Crippen LogP contribution in [0.4, 0.5) is 5.69 Å². The molecular weight excluding hydrogens is 342 g/mol. The van der Waals surface area contributed by atoms with Crippen molar-refractivity contribution in [1.82, 2.24) is 9.21 Å². The monoisotopic (exact) mass is 369 g/mol. The van der Waals surface area contributed by atoms with Gasteiger partial charge in [0.25, 0.3) is 0 Å². The molecule has 1 saturated heterocycles. The van der Waals surface area contributed by atoms with Crippen LogP contribution in [0.3, 0.4) is 0 Å². The molecule has 140 valence electrons. The van der Waals surface area contributed by atoms with Crippen LogP contribution in [0.25, 0.3) is 0 Å². The van der Waals surface area contributed by atoms with Crippen molar-refractivity contribution in [3.05, 3.63) is 18.2 Å². The Labute approximate surface area is 150 Å². The number of hydrogen-bond donors (Lipinski definition) is 1. The molecule has 1 N–H and O–H groups in total. The highest BCUT2D eigenvalue weighted by molar-refractivity contribution is 7.89. The first-order valence-corrected chi connectivity index (χ1v) is 9.92. The number of amides is 1. The molecule has 0 spiro atoms. The molecule has 1 amide bonds. The molecular formula is C17H27N3O4S. The van der Waals surface area contributed by atoms with Crippen LogP contribution in [0.15, 0.2) is 23.1 Å². The number of likely N-dealkylation sites (N-methyl/N-ethyl adjacent to an activating group) is 1. The number of nitrogens with zero attached hydrogens (tertiary/aromatic N) is 2. The predicted molar refractivity (Wildman–Crippen MR) is 97.4 cm³/mol. The van der Waals surface area contributed by atoms with Crippen LogP contribution in [0.1, 0.15) is 25.7 Å². The smallest absolute Gasteiger partial charge is 0.243 e. The maximum Gasteiger partial charge on any atom is 0.243 e. The third-order valence-corrected chi connectivity index (χ3v) is 6.20. The van der Waals surface area contributed by atoms with Crippen LogP contribution in [0.5, 0.6) is 5.75 Å². The van der Waals surface area contributed by atoms with Gasteiger partial charge in [-0.25, -0.2) is 8.42 Å². The zero-order chi connectivity index (χ0) is 18.4. The van der Waals surface area contributed by atoms with Gasteiger partial charge >= 0.3 is 0 Å². The number of carbonyl (C=O) groups is 1. The van der Waals surface area contributed by atoms with Crippen LogP contribution in [-0.2, 0) is 14.8 Å². The molecule has 0 unspecified atom stereocenters. The van der Waals surface area contributed by atoms with Crippen LogP contribution in [0.2, 0.25) is 0 Å². The van der Waals surface area contributed by atoms with Gasteiger partial charge in [0.1, 0.15) is 5.75 Å². The minimum atomic E-state index is -3.55. The topological polar surface area (TPSA) is 79.0 Å². The van der Waals surface area contributed by atoms with Crippen molar-refractivity contribution in [3.63, 3.8) is 0 Å². The fourth-order valence-electron chi connectivity index (χ4n) is 2.75. The van der Waals surface area contributed by atoms with E-state index in [2.05, 4.69) is 5.32 Å². The number of methoxy groups -OCH3 is 1. The first kappa shape index (κ1) is 19.5. The second-order valence-corrected chi connectivity index (χ2v) is 8.26. The minimum absolute atomic E-state index is 0.0660. The summed E-state index contributed by atoms with van der Waals surface area (Å²) in [6.07, 6.45) is 3.90. The summed E-state index contributed by atoms with van der Waals surface area (Å²) < 4.78 is 32.7. The fourth-order valence-corrected chi connectivity index (χ4v) is 4.29. The first-order chi connectivity index (χ1) is 11.9. The van der Waals surface area contributed by atoms with Gasteiger partial charge in [0.2, 0.25) is 15.9 Å². The Kier molecular flexibility index (Phi) is 6.66. The summed E-state index contributed by atoms with van der Waals surface area (Å²) in [4.78, 5) is 13.5. The molecule has 8 heteroatoms. The molecule has 0 aromatic heterocycles. The predicted octanol–water partition coefficient (Wildman–Crippen LogP) is 1.76. The molecule has 1 aromatic rings. The van der Waals surface area contributed by atoms with Crippen molar-refractivity contribution in [3.8, 4) is 5.75 Å². The Morgan fingerprint density at radius 1 is 1.20 bits per heavy atom. The lowest BCUT2D eigenvalue weighted by atomic mass is 10.2. The highest BCUT2D eigenvalue weighted by Crippen LogP contribution is 2.29. The summed E-state index contributed by atoms with van der Waals surface area (Å²) in [6.45, 7) is 1.17. The lowest BCUT2D eigenvalue weighted by Gasteiger charge is -2.21. The van der Waals surface area contributed by atoms with Crippen LogP contribution in [0, 0.1) is 0 Å². The average molecular weight is 369 g/mol. The molecule has 0 atom stereocenters. The van der Waals surface area contributed by atoms with Crippen molar-refractivity contribution in [2.75, 3.05) is 46.2 Å². The van der Waals surface area contributed by atoms with E-state index in [1.54, 1.807) is 36.6 Å². The average Bonchev–Trinajstić information content (AvgIpc) is 2.89. The number of anilines is 1. The Hall–Kier alpha value is -1.80. The largest absolute Gasteiger partial charge is 0.495 e. The number of sulfonamides is 1. The van der Waals surface area contributed by atoms with E-state index < -0.39 is 10.0 Å². The maximum atomic E-state index is 12.9. The van der Waals surface area contributed by atoms with Gasteiger partial charge in [-0.2, -0.15) is 4.31 Å². The van der Waals surface area contributed by atoms with Gasteiger partial charge in [0, 0.05) is 27.2 Å². The number of ether oxygens (including phenoxy) is 1. The Bertz CT molecular complexity index is 696. The third-order valence-electron chi connectivity index (χ3n) is 4.30. The molecule has 0 saturated carbocycles. The van der Waals surface area contributed by atoms with Gasteiger partial charge < -0.3 is 15.0 Å². The molecule has 25 heavy (non-hydrogen) atoms. The molecule has 1 fully saturated rings. The van der Waals surface area contributed by atoms with Gasteiger partial charge in [-0.1, -0.05) is 12.8 Å². The van der Waals surface area contributed by atoms with E-state index in [1.165, 1.54) is 12.0 Å². The second-order valence-electron chi connectivity index (χ2n) is 6.32. The van der Waals surface area contributed by atoms with E-state index in [-0.39, 0.29) is 17.3 Å². The molecule has 1 aliphatic rings. The molecule has 1 heterocycles. The number of nitrogens with one attached hydrogen (secondary N) is 1. The number of benzene rings is 1. The van der Waals surface area contributed by atoms with Gasteiger partial charge in [-0.15, -0.1) is 0 Å². The molecule has 7 nitrogen and oxygen atoms in total. The molecule has 0 bridgehead atoms. The normalized spacial score (nSPS) is 16.1. The molecule has 0 aliphatic carbocycles.